The van der Waals surface area contributed by atoms with Crippen molar-refractivity contribution in [2.45, 2.75) is 38.4 Å². The molecule has 1 heterocycles. The van der Waals surface area contributed by atoms with E-state index in [1.54, 1.807) is 12.1 Å². The fourth-order valence-corrected chi connectivity index (χ4v) is 2.37. The van der Waals surface area contributed by atoms with Crippen molar-refractivity contribution in [1.82, 2.24) is 0 Å². The van der Waals surface area contributed by atoms with E-state index in [4.69, 9.17) is 9.84 Å². The first-order valence-corrected chi connectivity index (χ1v) is 5.63. The molecule has 2 rings (SSSR count). The molecule has 4 nitrogen and oxygen atoms in total. The van der Waals surface area contributed by atoms with Crippen LogP contribution in [0.1, 0.15) is 30.9 Å². The zero-order valence-corrected chi connectivity index (χ0v) is 9.93. The summed E-state index contributed by atoms with van der Waals surface area (Å²) in [5.41, 5.74) is 0.230. The maximum absolute atomic E-state index is 10.9. The molecule has 0 saturated heterocycles. The Hall–Kier alpha value is -1.55. The van der Waals surface area contributed by atoms with Gasteiger partial charge in [-0.15, -0.1) is 0 Å². The molecule has 0 fully saturated rings. The quantitative estimate of drug-likeness (QED) is 0.822. The molecular weight excluding hydrogens is 220 g/mol. The van der Waals surface area contributed by atoms with Crippen LogP contribution in [0.25, 0.3) is 0 Å². The van der Waals surface area contributed by atoms with Crippen LogP contribution >= 0.6 is 0 Å². The van der Waals surface area contributed by atoms with Crippen molar-refractivity contribution in [3.8, 4) is 5.75 Å². The molecule has 0 aliphatic carbocycles. The van der Waals surface area contributed by atoms with Crippen LogP contribution in [0.3, 0.4) is 0 Å². The van der Waals surface area contributed by atoms with Crippen molar-refractivity contribution in [2.24, 2.45) is 0 Å². The zero-order chi connectivity index (χ0) is 12.6. The Labute approximate surface area is 99.8 Å². The summed E-state index contributed by atoms with van der Waals surface area (Å²) in [5, 5.41) is 19.4. The van der Waals surface area contributed by atoms with E-state index in [0.717, 1.165) is 5.56 Å². The average molecular weight is 236 g/mol. The normalized spacial score (nSPS) is 27.1. The second kappa shape index (κ2) is 4.04. The highest BCUT2D eigenvalue weighted by molar-refractivity contribution is 5.69. The van der Waals surface area contributed by atoms with Crippen LogP contribution in [0.15, 0.2) is 18.2 Å². The lowest BCUT2D eigenvalue weighted by Crippen LogP contribution is -2.38. The summed E-state index contributed by atoms with van der Waals surface area (Å²) in [6.07, 6.45) is -0.179. The minimum Gasteiger partial charge on any atom is -0.490 e. The highest BCUT2D eigenvalue weighted by atomic mass is 16.5. The Morgan fingerprint density at radius 1 is 1.59 bits per heavy atom. The number of carboxylic acids is 1. The smallest absolute Gasteiger partial charge is 0.306 e. The number of carboxylic acid groups (broad SMARTS) is 1. The minimum absolute atomic E-state index is 0.186. The summed E-state index contributed by atoms with van der Waals surface area (Å²) in [7, 11) is 0. The van der Waals surface area contributed by atoms with Crippen molar-refractivity contribution < 1.29 is 19.7 Å². The van der Waals surface area contributed by atoms with Gasteiger partial charge in [0.05, 0.1) is 12.5 Å². The van der Waals surface area contributed by atoms with Crippen LogP contribution in [0.5, 0.6) is 5.75 Å². The van der Waals surface area contributed by atoms with E-state index in [-0.39, 0.29) is 12.5 Å². The fourth-order valence-electron chi connectivity index (χ4n) is 2.37. The van der Waals surface area contributed by atoms with Crippen LogP contribution in [-0.4, -0.2) is 22.3 Å². The monoisotopic (exact) mass is 236 g/mol. The van der Waals surface area contributed by atoms with Gasteiger partial charge in [-0.3, -0.25) is 4.79 Å². The van der Waals surface area contributed by atoms with Crippen molar-refractivity contribution in [3.63, 3.8) is 0 Å². The summed E-state index contributed by atoms with van der Waals surface area (Å²) in [6, 6.07) is 5.47. The predicted molar refractivity (Wildman–Crippen MR) is 62.0 cm³/mol. The van der Waals surface area contributed by atoms with E-state index in [1.807, 2.05) is 19.9 Å². The molecule has 1 aliphatic heterocycles. The third kappa shape index (κ3) is 2.26. The van der Waals surface area contributed by atoms with Gasteiger partial charge in [-0.2, -0.15) is 0 Å². The maximum atomic E-state index is 10.9. The Balaban J connectivity index is 2.48. The third-order valence-electron chi connectivity index (χ3n) is 3.03. The summed E-state index contributed by atoms with van der Waals surface area (Å²) < 4.78 is 5.61. The SMILES string of the molecule is Cc1ccc2c(c1)[C@](O)(CC(=O)O)C[C@@H](C)O2. The number of fused-ring (bicyclic) bond motifs is 1. The molecule has 0 radical (unpaired) electrons. The number of carbonyl (C=O) groups is 1. The largest absolute Gasteiger partial charge is 0.490 e. The molecule has 0 saturated carbocycles. The van der Waals surface area contributed by atoms with E-state index in [0.29, 0.717) is 17.7 Å². The molecule has 0 spiro atoms. The number of aryl methyl sites for hydroxylation is 1. The first-order valence-electron chi connectivity index (χ1n) is 5.63. The Morgan fingerprint density at radius 2 is 2.29 bits per heavy atom. The second-order valence-corrected chi connectivity index (χ2v) is 4.73. The topological polar surface area (TPSA) is 66.8 Å². The molecule has 0 amide bonds. The molecule has 2 N–H and O–H groups in total. The minimum atomic E-state index is -1.33. The van der Waals surface area contributed by atoms with Gasteiger partial charge in [0, 0.05) is 12.0 Å². The summed E-state index contributed by atoms with van der Waals surface area (Å²) >= 11 is 0. The Kier molecular flexibility index (Phi) is 2.83. The fraction of sp³-hybridized carbons (Fsp3) is 0.462. The van der Waals surface area contributed by atoms with E-state index in [1.165, 1.54) is 0 Å². The number of aliphatic hydroxyl groups is 1. The lowest BCUT2D eigenvalue weighted by molar-refractivity contribution is -0.145. The van der Waals surface area contributed by atoms with Gasteiger partial charge in [-0.05, 0) is 26.0 Å². The molecule has 92 valence electrons. The van der Waals surface area contributed by atoms with Crippen molar-refractivity contribution >= 4 is 5.97 Å². The van der Waals surface area contributed by atoms with Crippen LogP contribution in [0.4, 0.5) is 0 Å². The van der Waals surface area contributed by atoms with Crippen LogP contribution in [0.2, 0.25) is 0 Å². The van der Waals surface area contributed by atoms with Gasteiger partial charge in [0.1, 0.15) is 11.4 Å². The Morgan fingerprint density at radius 3 is 2.94 bits per heavy atom. The van der Waals surface area contributed by atoms with Crippen molar-refractivity contribution in [2.75, 3.05) is 0 Å². The van der Waals surface area contributed by atoms with E-state index in [9.17, 15) is 9.90 Å². The van der Waals surface area contributed by atoms with Crippen molar-refractivity contribution in [3.05, 3.63) is 29.3 Å². The number of aliphatic carboxylic acids is 1. The van der Waals surface area contributed by atoms with Gasteiger partial charge in [0.2, 0.25) is 0 Å². The highest BCUT2D eigenvalue weighted by Crippen LogP contribution is 2.41. The molecule has 0 bridgehead atoms. The predicted octanol–water partition coefficient (Wildman–Crippen LogP) is 1.83. The second-order valence-electron chi connectivity index (χ2n) is 4.73. The summed E-state index contributed by atoms with van der Waals surface area (Å²) in [5.74, 6) is -0.424. The first-order chi connectivity index (χ1) is 7.90. The number of rotatable bonds is 2. The van der Waals surface area contributed by atoms with Gasteiger partial charge in [-0.25, -0.2) is 0 Å². The van der Waals surface area contributed by atoms with Gasteiger partial charge in [-0.1, -0.05) is 11.6 Å². The number of hydrogen-bond acceptors (Lipinski definition) is 3. The number of benzene rings is 1. The van der Waals surface area contributed by atoms with E-state index >= 15 is 0 Å². The van der Waals surface area contributed by atoms with Crippen molar-refractivity contribution in [1.29, 1.82) is 0 Å². The third-order valence-corrected chi connectivity index (χ3v) is 3.03. The number of ether oxygens (including phenoxy) is 1. The zero-order valence-electron chi connectivity index (χ0n) is 9.93. The molecule has 1 aromatic carbocycles. The number of hydrogen-bond donors (Lipinski definition) is 2. The lowest BCUT2D eigenvalue weighted by Gasteiger charge is -2.36. The molecule has 0 unspecified atom stereocenters. The molecule has 4 heteroatoms. The molecular formula is C13H16O4. The Bertz CT molecular complexity index is 455. The molecule has 1 aliphatic rings. The van der Waals surface area contributed by atoms with Gasteiger partial charge < -0.3 is 14.9 Å². The van der Waals surface area contributed by atoms with Gasteiger partial charge in [0.25, 0.3) is 0 Å². The maximum Gasteiger partial charge on any atom is 0.306 e. The molecule has 0 aromatic heterocycles. The van der Waals surface area contributed by atoms with Crippen LogP contribution in [-0.2, 0) is 10.4 Å². The summed E-state index contributed by atoms with van der Waals surface area (Å²) in [6.45, 7) is 3.73. The van der Waals surface area contributed by atoms with Gasteiger partial charge in [0.15, 0.2) is 0 Å². The summed E-state index contributed by atoms with van der Waals surface area (Å²) in [4.78, 5) is 10.9. The lowest BCUT2D eigenvalue weighted by atomic mass is 9.82. The van der Waals surface area contributed by atoms with E-state index < -0.39 is 11.6 Å². The molecule has 2 atom stereocenters. The van der Waals surface area contributed by atoms with E-state index in [2.05, 4.69) is 0 Å². The molecule has 1 aromatic rings. The molecule has 17 heavy (non-hydrogen) atoms. The standard InChI is InChI=1S/C13H16O4/c1-8-3-4-11-10(5-8)13(16,7-12(14)15)6-9(2)17-11/h3-5,9,16H,6-7H2,1-2H3,(H,14,15)/t9-,13-/m1/s1. The van der Waals surface area contributed by atoms with Crippen LogP contribution < -0.4 is 4.74 Å². The average Bonchev–Trinajstić information content (AvgIpc) is 2.17. The highest BCUT2D eigenvalue weighted by Gasteiger charge is 2.40. The first kappa shape index (κ1) is 11.9. The van der Waals surface area contributed by atoms with Crippen LogP contribution in [0, 0.1) is 6.92 Å². The van der Waals surface area contributed by atoms with Gasteiger partial charge >= 0.3 is 5.97 Å².